The van der Waals surface area contributed by atoms with Crippen molar-refractivity contribution in [2.24, 2.45) is 0 Å². The number of imidazole rings is 1. The SMILES string of the molecule is COCCNCc1ccn(CCn2ccnc2)c1. The van der Waals surface area contributed by atoms with E-state index in [4.69, 9.17) is 4.74 Å². The van der Waals surface area contributed by atoms with Crippen LogP contribution in [0.1, 0.15) is 5.56 Å². The van der Waals surface area contributed by atoms with E-state index in [-0.39, 0.29) is 0 Å². The van der Waals surface area contributed by atoms with E-state index in [1.54, 1.807) is 13.3 Å². The van der Waals surface area contributed by atoms with Crippen LogP contribution in [0, 0.1) is 0 Å². The second kappa shape index (κ2) is 6.98. The van der Waals surface area contributed by atoms with Crippen LogP contribution in [0.15, 0.2) is 37.2 Å². The minimum Gasteiger partial charge on any atom is -0.383 e. The molecule has 18 heavy (non-hydrogen) atoms. The van der Waals surface area contributed by atoms with Crippen LogP contribution in [-0.4, -0.2) is 34.4 Å². The maximum Gasteiger partial charge on any atom is 0.0946 e. The molecule has 2 rings (SSSR count). The van der Waals surface area contributed by atoms with Crippen LogP contribution in [-0.2, 0) is 24.4 Å². The van der Waals surface area contributed by atoms with Crippen molar-refractivity contribution in [1.29, 1.82) is 0 Å². The van der Waals surface area contributed by atoms with Crippen molar-refractivity contribution in [2.45, 2.75) is 19.6 Å². The number of nitrogens with zero attached hydrogens (tertiary/aromatic N) is 3. The number of nitrogens with one attached hydrogen (secondary N) is 1. The average Bonchev–Trinajstić information content (AvgIpc) is 3.03. The van der Waals surface area contributed by atoms with Gasteiger partial charge in [-0.15, -0.1) is 0 Å². The number of methoxy groups -OCH3 is 1. The molecular formula is C13H20N4O. The Labute approximate surface area is 107 Å². The predicted octanol–water partition coefficient (Wildman–Crippen LogP) is 1.12. The summed E-state index contributed by atoms with van der Waals surface area (Å²) < 4.78 is 9.27. The largest absolute Gasteiger partial charge is 0.383 e. The number of aromatic nitrogens is 3. The Morgan fingerprint density at radius 1 is 1.28 bits per heavy atom. The molecule has 2 aromatic rings. The van der Waals surface area contributed by atoms with Crippen molar-refractivity contribution in [3.63, 3.8) is 0 Å². The minimum atomic E-state index is 0.751. The van der Waals surface area contributed by atoms with E-state index in [1.807, 2.05) is 12.5 Å². The van der Waals surface area contributed by atoms with E-state index in [0.29, 0.717) is 0 Å². The summed E-state index contributed by atoms with van der Waals surface area (Å²) in [7, 11) is 1.72. The molecule has 2 aromatic heterocycles. The fraction of sp³-hybridized carbons (Fsp3) is 0.462. The highest BCUT2D eigenvalue weighted by Crippen LogP contribution is 2.01. The van der Waals surface area contributed by atoms with Gasteiger partial charge in [-0.1, -0.05) is 0 Å². The van der Waals surface area contributed by atoms with Crippen molar-refractivity contribution in [2.75, 3.05) is 20.3 Å². The van der Waals surface area contributed by atoms with Gasteiger partial charge in [-0.2, -0.15) is 0 Å². The van der Waals surface area contributed by atoms with Gasteiger partial charge in [0.15, 0.2) is 0 Å². The van der Waals surface area contributed by atoms with Crippen LogP contribution in [0.2, 0.25) is 0 Å². The first-order chi connectivity index (χ1) is 8.88. The van der Waals surface area contributed by atoms with Gasteiger partial charge < -0.3 is 19.2 Å². The summed E-state index contributed by atoms with van der Waals surface area (Å²) in [6.07, 6.45) is 9.93. The third-order valence-corrected chi connectivity index (χ3v) is 2.80. The Morgan fingerprint density at radius 2 is 2.17 bits per heavy atom. The van der Waals surface area contributed by atoms with Gasteiger partial charge in [-0.05, 0) is 11.6 Å². The molecule has 1 N–H and O–H groups in total. The zero-order chi connectivity index (χ0) is 12.6. The molecule has 0 fully saturated rings. The minimum absolute atomic E-state index is 0.751. The van der Waals surface area contributed by atoms with Crippen LogP contribution < -0.4 is 5.32 Å². The molecule has 0 aliphatic carbocycles. The Balaban J connectivity index is 1.72. The number of aryl methyl sites for hydroxylation is 2. The zero-order valence-corrected chi connectivity index (χ0v) is 10.7. The lowest BCUT2D eigenvalue weighted by Crippen LogP contribution is -2.18. The Bertz CT molecular complexity index is 436. The second-order valence-electron chi connectivity index (χ2n) is 4.23. The van der Waals surface area contributed by atoms with E-state index in [0.717, 1.165) is 32.8 Å². The van der Waals surface area contributed by atoms with Crippen LogP contribution in [0.3, 0.4) is 0 Å². The van der Waals surface area contributed by atoms with E-state index in [1.165, 1.54) is 5.56 Å². The fourth-order valence-electron chi connectivity index (χ4n) is 1.79. The zero-order valence-electron chi connectivity index (χ0n) is 10.7. The lowest BCUT2D eigenvalue weighted by atomic mass is 10.3. The molecule has 0 aliphatic rings. The van der Waals surface area contributed by atoms with Gasteiger partial charge in [0.25, 0.3) is 0 Å². The maximum absolute atomic E-state index is 4.99. The summed E-state index contributed by atoms with van der Waals surface area (Å²) in [5, 5.41) is 3.33. The molecule has 0 aliphatic heterocycles. The molecule has 0 amide bonds. The summed E-state index contributed by atoms with van der Waals surface area (Å²) in [6, 6.07) is 2.15. The molecule has 0 unspecified atom stereocenters. The molecule has 0 saturated carbocycles. The van der Waals surface area contributed by atoms with Crippen LogP contribution in [0.4, 0.5) is 0 Å². The van der Waals surface area contributed by atoms with Gasteiger partial charge >= 0.3 is 0 Å². The lowest BCUT2D eigenvalue weighted by Gasteiger charge is -2.04. The first kappa shape index (κ1) is 12.9. The first-order valence-corrected chi connectivity index (χ1v) is 6.18. The quantitative estimate of drug-likeness (QED) is 0.712. The standard InChI is InChI=1S/C13H20N4O/c1-18-9-4-14-10-13-2-5-16(11-13)7-8-17-6-3-15-12-17/h2-3,5-6,11-12,14H,4,7-10H2,1H3. The van der Waals surface area contributed by atoms with Crippen molar-refractivity contribution in [1.82, 2.24) is 19.4 Å². The predicted molar refractivity (Wildman–Crippen MR) is 70.2 cm³/mol. The molecule has 0 aromatic carbocycles. The van der Waals surface area contributed by atoms with Gasteiger partial charge in [-0.3, -0.25) is 0 Å². The third-order valence-electron chi connectivity index (χ3n) is 2.80. The number of rotatable bonds is 8. The highest BCUT2D eigenvalue weighted by molar-refractivity contribution is 5.09. The molecule has 98 valence electrons. The highest BCUT2D eigenvalue weighted by atomic mass is 16.5. The molecule has 0 atom stereocenters. The molecular weight excluding hydrogens is 228 g/mol. The monoisotopic (exact) mass is 248 g/mol. The molecule has 0 saturated heterocycles. The maximum atomic E-state index is 4.99. The van der Waals surface area contributed by atoms with Crippen molar-refractivity contribution < 1.29 is 4.74 Å². The Kier molecular flexibility index (Phi) is 4.99. The van der Waals surface area contributed by atoms with Crippen molar-refractivity contribution in [3.05, 3.63) is 42.7 Å². The van der Waals surface area contributed by atoms with Crippen LogP contribution in [0.25, 0.3) is 0 Å². The molecule has 0 radical (unpaired) electrons. The van der Waals surface area contributed by atoms with Crippen molar-refractivity contribution >= 4 is 0 Å². The van der Waals surface area contributed by atoms with E-state index in [2.05, 4.69) is 37.9 Å². The van der Waals surface area contributed by atoms with Gasteiger partial charge in [-0.25, -0.2) is 4.98 Å². The molecule has 0 spiro atoms. The molecule has 5 nitrogen and oxygen atoms in total. The van der Waals surface area contributed by atoms with Gasteiger partial charge in [0.2, 0.25) is 0 Å². The molecule has 5 heteroatoms. The summed E-state index contributed by atoms with van der Waals surface area (Å²) in [5.74, 6) is 0. The van der Waals surface area contributed by atoms with Gasteiger partial charge in [0.1, 0.15) is 0 Å². The summed E-state index contributed by atoms with van der Waals surface area (Å²) in [5.41, 5.74) is 1.30. The third kappa shape index (κ3) is 4.01. The summed E-state index contributed by atoms with van der Waals surface area (Å²) >= 11 is 0. The number of hydrogen-bond acceptors (Lipinski definition) is 3. The Morgan fingerprint density at radius 3 is 2.94 bits per heavy atom. The second-order valence-corrected chi connectivity index (χ2v) is 4.23. The highest BCUT2D eigenvalue weighted by Gasteiger charge is 1.97. The fourth-order valence-corrected chi connectivity index (χ4v) is 1.79. The smallest absolute Gasteiger partial charge is 0.0946 e. The topological polar surface area (TPSA) is 44.0 Å². The van der Waals surface area contributed by atoms with E-state index >= 15 is 0 Å². The van der Waals surface area contributed by atoms with E-state index < -0.39 is 0 Å². The van der Waals surface area contributed by atoms with Crippen molar-refractivity contribution in [3.8, 4) is 0 Å². The molecule has 2 heterocycles. The van der Waals surface area contributed by atoms with Crippen LogP contribution in [0.5, 0.6) is 0 Å². The molecule has 0 bridgehead atoms. The lowest BCUT2D eigenvalue weighted by molar-refractivity contribution is 0.199. The number of hydrogen-bond donors (Lipinski definition) is 1. The number of ether oxygens (including phenoxy) is 1. The van der Waals surface area contributed by atoms with Gasteiger partial charge in [0, 0.05) is 58.1 Å². The normalized spacial score (nSPS) is 10.9. The average molecular weight is 248 g/mol. The Hall–Kier alpha value is -1.59. The first-order valence-electron chi connectivity index (χ1n) is 6.18. The summed E-state index contributed by atoms with van der Waals surface area (Å²) in [4.78, 5) is 4.03. The van der Waals surface area contributed by atoms with Gasteiger partial charge in [0.05, 0.1) is 12.9 Å². The van der Waals surface area contributed by atoms with E-state index in [9.17, 15) is 0 Å². The summed E-state index contributed by atoms with van der Waals surface area (Å²) in [6.45, 7) is 4.44. The van der Waals surface area contributed by atoms with Crippen LogP contribution >= 0.6 is 0 Å².